The van der Waals surface area contributed by atoms with E-state index in [1.165, 1.54) is 38.0 Å². The average Bonchev–Trinajstić information content (AvgIpc) is 3.27. The molecule has 0 unspecified atom stereocenters. The normalized spacial score (nSPS) is 25.1. The third-order valence-corrected chi connectivity index (χ3v) is 6.54. The molecule has 0 aliphatic carbocycles. The van der Waals surface area contributed by atoms with Crippen LogP contribution in [-0.4, -0.2) is 85.6 Å². The first-order chi connectivity index (χ1) is 13.3. The van der Waals surface area contributed by atoms with Crippen LogP contribution in [-0.2, 0) is 4.79 Å². The summed E-state index contributed by atoms with van der Waals surface area (Å²) in [7, 11) is 0. The Kier molecular flexibility index (Phi) is 6.30. The molecular formula is C22H34N4O. The molecule has 4 rings (SSSR count). The van der Waals surface area contributed by atoms with Crippen LogP contribution in [0.5, 0.6) is 0 Å². The molecule has 3 fully saturated rings. The fourth-order valence-electron chi connectivity index (χ4n) is 4.88. The van der Waals surface area contributed by atoms with Gasteiger partial charge in [-0.25, -0.2) is 0 Å². The number of hydrogen-bond acceptors (Lipinski definition) is 4. The SMILES string of the molecule is O=C(CCN1CCCC1)N1CCC[C@H](N2CCN(c3ccccc3)CC2)C1. The maximum Gasteiger partial charge on any atom is 0.223 e. The Bertz CT molecular complexity index is 594. The first-order valence-electron chi connectivity index (χ1n) is 10.8. The van der Waals surface area contributed by atoms with Crippen LogP contribution in [0, 0.1) is 0 Å². The van der Waals surface area contributed by atoms with Gasteiger partial charge in [0.1, 0.15) is 0 Å². The fourth-order valence-corrected chi connectivity index (χ4v) is 4.88. The van der Waals surface area contributed by atoms with Crippen LogP contribution in [0.15, 0.2) is 30.3 Å². The number of likely N-dealkylation sites (tertiary alicyclic amines) is 2. The lowest BCUT2D eigenvalue weighted by Gasteiger charge is -2.44. The van der Waals surface area contributed by atoms with Crippen molar-refractivity contribution in [1.29, 1.82) is 0 Å². The van der Waals surface area contributed by atoms with E-state index < -0.39 is 0 Å². The molecule has 0 spiro atoms. The van der Waals surface area contributed by atoms with Crippen LogP contribution in [0.4, 0.5) is 5.69 Å². The van der Waals surface area contributed by atoms with E-state index in [9.17, 15) is 4.79 Å². The molecule has 27 heavy (non-hydrogen) atoms. The number of amides is 1. The van der Waals surface area contributed by atoms with Gasteiger partial charge in [0.05, 0.1) is 0 Å². The fraction of sp³-hybridized carbons (Fsp3) is 0.682. The van der Waals surface area contributed by atoms with Crippen molar-refractivity contribution >= 4 is 11.6 Å². The Morgan fingerprint density at radius 1 is 0.889 bits per heavy atom. The summed E-state index contributed by atoms with van der Waals surface area (Å²) >= 11 is 0. The van der Waals surface area contributed by atoms with E-state index >= 15 is 0 Å². The van der Waals surface area contributed by atoms with E-state index in [0.29, 0.717) is 18.4 Å². The molecular weight excluding hydrogens is 336 g/mol. The molecule has 0 bridgehead atoms. The molecule has 1 aromatic carbocycles. The van der Waals surface area contributed by atoms with Crippen LogP contribution in [0.1, 0.15) is 32.1 Å². The number of para-hydroxylation sites is 1. The molecule has 1 atom stereocenters. The van der Waals surface area contributed by atoms with E-state index in [1.807, 2.05) is 0 Å². The number of benzene rings is 1. The lowest BCUT2D eigenvalue weighted by Crippen LogP contribution is -2.56. The van der Waals surface area contributed by atoms with Gasteiger partial charge in [-0.15, -0.1) is 0 Å². The summed E-state index contributed by atoms with van der Waals surface area (Å²) in [5.41, 5.74) is 1.33. The first-order valence-corrected chi connectivity index (χ1v) is 10.8. The van der Waals surface area contributed by atoms with Crippen molar-refractivity contribution in [1.82, 2.24) is 14.7 Å². The van der Waals surface area contributed by atoms with Gasteiger partial charge in [0.15, 0.2) is 0 Å². The Hall–Kier alpha value is -1.59. The highest BCUT2D eigenvalue weighted by atomic mass is 16.2. The van der Waals surface area contributed by atoms with Crippen molar-refractivity contribution in [3.63, 3.8) is 0 Å². The van der Waals surface area contributed by atoms with Gasteiger partial charge in [-0.1, -0.05) is 18.2 Å². The average molecular weight is 371 g/mol. The predicted octanol–water partition coefficient (Wildman–Crippen LogP) is 2.29. The summed E-state index contributed by atoms with van der Waals surface area (Å²) in [6.07, 6.45) is 5.69. The Morgan fingerprint density at radius 3 is 2.37 bits per heavy atom. The lowest BCUT2D eigenvalue weighted by atomic mass is 10.0. The predicted molar refractivity (Wildman–Crippen MR) is 110 cm³/mol. The van der Waals surface area contributed by atoms with Gasteiger partial charge in [-0.05, 0) is 50.9 Å². The Labute approximate surface area is 163 Å². The Morgan fingerprint density at radius 2 is 1.63 bits per heavy atom. The number of piperidine rings is 1. The van der Waals surface area contributed by atoms with Crippen LogP contribution < -0.4 is 4.90 Å². The van der Waals surface area contributed by atoms with Gasteiger partial charge < -0.3 is 14.7 Å². The third-order valence-electron chi connectivity index (χ3n) is 6.54. The van der Waals surface area contributed by atoms with Crippen molar-refractivity contribution < 1.29 is 4.79 Å². The molecule has 148 valence electrons. The smallest absolute Gasteiger partial charge is 0.223 e. The summed E-state index contributed by atoms with van der Waals surface area (Å²) in [5, 5.41) is 0. The first kappa shape index (κ1) is 18.8. The van der Waals surface area contributed by atoms with Crippen molar-refractivity contribution in [2.24, 2.45) is 0 Å². The number of anilines is 1. The monoisotopic (exact) mass is 370 g/mol. The van der Waals surface area contributed by atoms with E-state index in [4.69, 9.17) is 0 Å². The number of nitrogens with zero attached hydrogens (tertiary/aromatic N) is 4. The number of carbonyl (C=O) groups excluding carboxylic acids is 1. The molecule has 3 aliphatic rings. The molecule has 5 heteroatoms. The van der Waals surface area contributed by atoms with Crippen molar-refractivity contribution in [2.75, 3.05) is 63.8 Å². The van der Waals surface area contributed by atoms with E-state index in [-0.39, 0.29) is 0 Å². The van der Waals surface area contributed by atoms with E-state index in [1.54, 1.807) is 0 Å². The molecule has 3 heterocycles. The molecule has 0 saturated carbocycles. The minimum atomic E-state index is 0.370. The summed E-state index contributed by atoms with van der Waals surface area (Å²) < 4.78 is 0. The maximum absolute atomic E-state index is 12.7. The quantitative estimate of drug-likeness (QED) is 0.796. The molecule has 0 aromatic heterocycles. The second-order valence-electron chi connectivity index (χ2n) is 8.29. The number of carbonyl (C=O) groups is 1. The van der Waals surface area contributed by atoms with Crippen LogP contribution in [0.3, 0.4) is 0 Å². The molecule has 3 saturated heterocycles. The summed E-state index contributed by atoms with van der Waals surface area (Å²) in [6.45, 7) is 9.60. The molecule has 1 aromatic rings. The molecule has 3 aliphatic heterocycles. The van der Waals surface area contributed by atoms with E-state index in [2.05, 4.69) is 49.9 Å². The zero-order valence-corrected chi connectivity index (χ0v) is 16.6. The van der Waals surface area contributed by atoms with Crippen molar-refractivity contribution in [2.45, 2.75) is 38.1 Å². The van der Waals surface area contributed by atoms with Crippen molar-refractivity contribution in [3.05, 3.63) is 30.3 Å². The van der Waals surface area contributed by atoms with Gasteiger partial charge in [-0.2, -0.15) is 0 Å². The second kappa shape index (κ2) is 9.07. The zero-order valence-electron chi connectivity index (χ0n) is 16.6. The van der Waals surface area contributed by atoms with Gasteiger partial charge in [0.25, 0.3) is 0 Å². The van der Waals surface area contributed by atoms with Gasteiger partial charge in [-0.3, -0.25) is 9.69 Å². The minimum Gasteiger partial charge on any atom is -0.369 e. The van der Waals surface area contributed by atoms with Crippen molar-refractivity contribution in [3.8, 4) is 0 Å². The van der Waals surface area contributed by atoms with Crippen LogP contribution in [0.25, 0.3) is 0 Å². The van der Waals surface area contributed by atoms with Gasteiger partial charge in [0, 0.05) is 64.0 Å². The van der Waals surface area contributed by atoms with Crippen LogP contribution >= 0.6 is 0 Å². The van der Waals surface area contributed by atoms with Crippen LogP contribution in [0.2, 0.25) is 0 Å². The maximum atomic E-state index is 12.7. The summed E-state index contributed by atoms with van der Waals surface area (Å²) in [6, 6.07) is 11.3. The highest BCUT2D eigenvalue weighted by Gasteiger charge is 2.30. The third kappa shape index (κ3) is 4.82. The minimum absolute atomic E-state index is 0.370. The lowest BCUT2D eigenvalue weighted by molar-refractivity contribution is -0.133. The molecule has 1 amide bonds. The Balaban J connectivity index is 1.24. The molecule has 5 nitrogen and oxygen atoms in total. The van der Waals surface area contributed by atoms with E-state index in [0.717, 1.165) is 52.2 Å². The van der Waals surface area contributed by atoms with Gasteiger partial charge in [0.2, 0.25) is 5.91 Å². The number of piperazine rings is 1. The number of rotatable bonds is 5. The zero-order chi connectivity index (χ0) is 18.5. The summed E-state index contributed by atoms with van der Waals surface area (Å²) in [5.74, 6) is 0.370. The molecule has 0 radical (unpaired) electrons. The standard InChI is InChI=1S/C22H34N4O/c27-22(10-14-23-11-4-5-12-23)26-13-6-9-21(19-26)25-17-15-24(16-18-25)20-7-2-1-3-8-20/h1-3,7-8,21H,4-6,9-19H2/t21-/m0/s1. The second-order valence-corrected chi connectivity index (χ2v) is 8.29. The highest BCUT2D eigenvalue weighted by molar-refractivity contribution is 5.76. The largest absolute Gasteiger partial charge is 0.369 e. The topological polar surface area (TPSA) is 30.0 Å². The molecule has 0 N–H and O–H groups in total. The number of hydrogen-bond donors (Lipinski definition) is 0. The summed E-state index contributed by atoms with van der Waals surface area (Å²) in [4.78, 5) is 22.4. The highest BCUT2D eigenvalue weighted by Crippen LogP contribution is 2.21. The van der Waals surface area contributed by atoms with Gasteiger partial charge >= 0.3 is 0 Å².